The molecule has 0 aromatic rings. The molecule has 3 rings (SSSR count). The van der Waals surface area contributed by atoms with Crippen LogP contribution in [0.5, 0.6) is 0 Å². The number of hydrogen-bond donors (Lipinski definition) is 1. The van der Waals surface area contributed by atoms with Crippen molar-refractivity contribution in [2.75, 3.05) is 120 Å². The average Bonchev–Trinajstić information content (AvgIpc) is 4.13. The van der Waals surface area contributed by atoms with Gasteiger partial charge < -0.3 is 58.1 Å². The highest BCUT2D eigenvalue weighted by Crippen LogP contribution is 2.13. The van der Waals surface area contributed by atoms with Gasteiger partial charge in [0.25, 0.3) is 0 Å². The van der Waals surface area contributed by atoms with E-state index in [1.807, 2.05) is 54.5 Å². The van der Waals surface area contributed by atoms with Gasteiger partial charge in [0, 0.05) is 117 Å². The van der Waals surface area contributed by atoms with Crippen molar-refractivity contribution in [1.82, 2.24) is 24.9 Å². The molecule has 0 aliphatic carbocycles. The molecule has 3 heterocycles. The fourth-order valence-corrected chi connectivity index (χ4v) is 8.47. The second-order valence-electron chi connectivity index (χ2n) is 23.3. The summed E-state index contributed by atoms with van der Waals surface area (Å²) >= 11 is 0. The fourth-order valence-electron chi connectivity index (χ4n) is 8.47. The number of methoxy groups -OCH3 is 1. The Labute approximate surface area is 524 Å². The van der Waals surface area contributed by atoms with Crippen molar-refractivity contribution >= 4 is 29.5 Å². The summed E-state index contributed by atoms with van der Waals surface area (Å²) in [5.41, 5.74) is 0. The second-order valence-corrected chi connectivity index (χ2v) is 23.3. The van der Waals surface area contributed by atoms with Crippen molar-refractivity contribution in [3.8, 4) is 0 Å². The lowest BCUT2D eigenvalue weighted by Gasteiger charge is -2.26. The molecule has 0 aromatic carbocycles. The molecule has 0 bridgehead atoms. The van der Waals surface area contributed by atoms with E-state index in [9.17, 15) is 24.0 Å². The third-order valence-electron chi connectivity index (χ3n) is 13.3. The molecule has 0 spiro atoms. The largest absolute Gasteiger partial charge is 0.383 e. The average molecular weight is 1210 g/mol. The molecule has 3 aliphatic heterocycles. The second kappa shape index (κ2) is 60.6. The molecule has 0 aromatic heterocycles. The van der Waals surface area contributed by atoms with Crippen LogP contribution >= 0.6 is 0 Å². The zero-order valence-electron chi connectivity index (χ0n) is 59.1. The van der Waals surface area contributed by atoms with Crippen LogP contribution in [0, 0.1) is 0 Å². The van der Waals surface area contributed by atoms with E-state index >= 15 is 0 Å². The number of nitrogens with one attached hydrogen (secondary N) is 1. The van der Waals surface area contributed by atoms with Crippen molar-refractivity contribution in [3.63, 3.8) is 0 Å². The number of likely N-dealkylation sites (N-methyl/N-ethyl adjacent to an activating group) is 1. The number of morpholine rings is 1. The van der Waals surface area contributed by atoms with Crippen LogP contribution in [0.3, 0.4) is 0 Å². The highest BCUT2D eigenvalue weighted by molar-refractivity contribution is 5.88. The van der Waals surface area contributed by atoms with Gasteiger partial charge in [-0.15, -0.1) is 0 Å². The van der Waals surface area contributed by atoms with Gasteiger partial charge in [0.15, 0.2) is 0 Å². The topological polar surface area (TPSA) is 175 Å². The van der Waals surface area contributed by atoms with Crippen LogP contribution in [0.15, 0.2) is 36.5 Å². The number of hydrogen-bond acceptors (Lipinski definition) is 12. The molecule has 17 nitrogen and oxygen atoms in total. The molecular formula is C68H129N5O12. The number of piperidine rings is 1. The normalized spacial score (nSPS) is 15.1. The predicted molar refractivity (Wildman–Crippen MR) is 348 cm³/mol. The van der Waals surface area contributed by atoms with Gasteiger partial charge in [-0.1, -0.05) is 43.9 Å². The van der Waals surface area contributed by atoms with Gasteiger partial charge in [0.05, 0.1) is 50.3 Å². The predicted octanol–water partition coefficient (Wildman–Crippen LogP) is 12.5. The number of likely N-dealkylation sites (tertiary alicyclic amines) is 2. The molecule has 0 atom stereocenters. The fraction of sp³-hybridized carbons (Fsp3) is 0.838. The molecule has 0 saturated carbocycles. The molecule has 3 aliphatic rings. The summed E-state index contributed by atoms with van der Waals surface area (Å²) in [4.78, 5) is 64.6. The maximum Gasteiger partial charge on any atom is 0.246 e. The Morgan fingerprint density at radius 1 is 0.471 bits per heavy atom. The molecule has 0 radical (unpaired) electrons. The van der Waals surface area contributed by atoms with Crippen LogP contribution in [0.1, 0.15) is 227 Å². The monoisotopic (exact) mass is 1210 g/mol. The third kappa shape index (κ3) is 60.4. The maximum absolute atomic E-state index is 11.8. The van der Waals surface area contributed by atoms with E-state index in [4.69, 9.17) is 37.3 Å². The molecule has 85 heavy (non-hydrogen) atoms. The van der Waals surface area contributed by atoms with E-state index in [0.717, 1.165) is 193 Å². The summed E-state index contributed by atoms with van der Waals surface area (Å²) in [6.45, 7) is 29.9. The first kappa shape index (κ1) is 77.4. The van der Waals surface area contributed by atoms with Gasteiger partial charge in [-0.25, -0.2) is 0 Å². The summed E-state index contributed by atoms with van der Waals surface area (Å²) in [7, 11) is 2.89. The molecule has 17 heteroatoms. The number of amides is 5. The lowest BCUT2D eigenvalue weighted by atomic mass is 10.1. The molecule has 3 saturated heterocycles. The number of carbonyl (C=O) groups excluding carboxylic acids is 5. The van der Waals surface area contributed by atoms with Crippen molar-refractivity contribution in [2.24, 2.45) is 0 Å². The zero-order valence-corrected chi connectivity index (χ0v) is 56.1. The van der Waals surface area contributed by atoms with Crippen LogP contribution in [-0.2, 0) is 57.1 Å². The van der Waals surface area contributed by atoms with Gasteiger partial charge in [-0.3, -0.25) is 24.0 Å². The molecule has 1 N–H and O–H groups in total. The van der Waals surface area contributed by atoms with E-state index in [2.05, 4.69) is 46.9 Å². The standard InChI is InChI=1S/C15H27NO2.C14H27NO3.C14H27NO2.C13H25NO3.C12H23NO2/c1-14(2)18-13-9-4-3-6-10-15(17)16-11-7-5-8-12-16;1-13(2)18-10-6-4-3-5-7-14(16)15-8-11-17-12-9-15;1-13(2)17-12-8-4-3-5-9-14(16)15-10-6-7-11-15;1-12(2)17-10-7-5-4-6-8-13(15)14-9-11-16-3;1-11(2)15-10-8-6-5-7-9-12(14)13(3)4/h6,10,14H,3-5,7-9,11-13H2,1-2H3;13H,3-12H2,1-2H3;13H,3-12H2,1-2H3;6,8,12H,4-5,7,9-11H2,1-3H3,(H,14,15);7,9,11H,5-6,8,10H2,1-4H3/b10-6+;;;8-6+;9-7+/i;;;;3D3. The molecule has 5 amide bonds. The quantitative estimate of drug-likeness (QED) is 0.0455. The van der Waals surface area contributed by atoms with Crippen LogP contribution in [0.4, 0.5) is 0 Å². The lowest BCUT2D eigenvalue weighted by molar-refractivity contribution is -0.135. The molecular weight excluding hydrogens is 1080 g/mol. The summed E-state index contributed by atoms with van der Waals surface area (Å²) in [5, 5.41) is 2.73. The maximum atomic E-state index is 11.8. The van der Waals surface area contributed by atoms with Crippen LogP contribution < -0.4 is 5.32 Å². The SMILES string of the molecule is CC(C)OCCCC/C=C/C(=O)N1CCCCC1.CC(C)OCCCCCCC(=O)N1CCCC1.CC(C)OCCCCCCC(=O)N1CCOCC1.COCCNC(=O)/C=C/CCCCOC(C)C.[2H]C([2H])([2H])N(C)C(=O)/C=C/CCCCOC(C)C. The number of allylic oxidation sites excluding steroid dienone is 3. The Balaban J connectivity index is 0. The van der Waals surface area contributed by atoms with Crippen molar-refractivity contribution in [3.05, 3.63) is 36.5 Å². The van der Waals surface area contributed by atoms with E-state index in [-0.39, 0.29) is 23.8 Å². The number of ether oxygens (including phenoxy) is 7. The summed E-state index contributed by atoms with van der Waals surface area (Å²) in [5.74, 6) is 0.291. The first-order chi connectivity index (χ1) is 42.0. The number of unbranched alkanes of at least 4 members (excludes halogenated alkanes) is 12. The Kier molecular flexibility index (Phi) is 55.1. The Hall–Kier alpha value is -3.71. The first-order valence-electron chi connectivity index (χ1n) is 34.6. The third-order valence-corrected chi connectivity index (χ3v) is 13.3. The van der Waals surface area contributed by atoms with E-state index in [1.54, 1.807) is 25.3 Å². The van der Waals surface area contributed by atoms with Crippen LogP contribution in [0.25, 0.3) is 0 Å². The van der Waals surface area contributed by atoms with Gasteiger partial charge >= 0.3 is 0 Å². The molecule has 0 unspecified atom stereocenters. The number of nitrogens with zero attached hydrogens (tertiary/aromatic N) is 4. The smallest absolute Gasteiger partial charge is 0.246 e. The van der Waals surface area contributed by atoms with Gasteiger partial charge in [-0.05, 0) is 203 Å². The highest BCUT2D eigenvalue weighted by atomic mass is 16.5. The Morgan fingerprint density at radius 3 is 1.25 bits per heavy atom. The van der Waals surface area contributed by atoms with Crippen molar-refractivity contribution < 1.29 is 61.2 Å². The number of carbonyl (C=O) groups is 5. The van der Waals surface area contributed by atoms with E-state index < -0.39 is 12.9 Å². The van der Waals surface area contributed by atoms with Crippen LogP contribution in [0.2, 0.25) is 0 Å². The van der Waals surface area contributed by atoms with Crippen molar-refractivity contribution in [2.45, 2.75) is 254 Å². The number of rotatable bonds is 40. The lowest BCUT2D eigenvalue weighted by Crippen LogP contribution is -2.40. The zero-order chi connectivity index (χ0) is 66.1. The van der Waals surface area contributed by atoms with Crippen molar-refractivity contribution in [1.29, 1.82) is 0 Å². The minimum Gasteiger partial charge on any atom is -0.383 e. The van der Waals surface area contributed by atoms with E-state index in [1.165, 1.54) is 38.8 Å². The van der Waals surface area contributed by atoms with Crippen LogP contribution in [-0.4, -0.2) is 199 Å². The molecule has 3 fully saturated rings. The highest BCUT2D eigenvalue weighted by Gasteiger charge is 2.18. The van der Waals surface area contributed by atoms with Gasteiger partial charge in [0.2, 0.25) is 29.5 Å². The Bertz CT molecular complexity index is 1770. The summed E-state index contributed by atoms with van der Waals surface area (Å²) in [6.07, 6.45) is 36.8. The summed E-state index contributed by atoms with van der Waals surface area (Å²) < 4.78 is 58.5. The summed E-state index contributed by atoms with van der Waals surface area (Å²) in [6, 6.07) is 0. The van der Waals surface area contributed by atoms with Gasteiger partial charge in [-0.2, -0.15) is 0 Å². The minimum absolute atomic E-state index is 0.0551. The minimum atomic E-state index is -2.37. The van der Waals surface area contributed by atoms with E-state index in [0.29, 0.717) is 69.7 Å². The first-order valence-corrected chi connectivity index (χ1v) is 33.1. The Morgan fingerprint density at radius 2 is 0.835 bits per heavy atom. The van der Waals surface area contributed by atoms with Gasteiger partial charge in [0.1, 0.15) is 0 Å². The molecule has 498 valence electrons.